The Morgan fingerprint density at radius 3 is 2.62 bits per heavy atom. The fourth-order valence-corrected chi connectivity index (χ4v) is 1.55. The third kappa shape index (κ3) is 2.51. The van der Waals surface area contributed by atoms with Crippen molar-refractivity contribution < 1.29 is 14.6 Å². The van der Waals surface area contributed by atoms with Gasteiger partial charge >= 0.3 is 5.97 Å². The van der Waals surface area contributed by atoms with E-state index in [-0.39, 0.29) is 6.42 Å². The van der Waals surface area contributed by atoms with Gasteiger partial charge in [0, 0.05) is 0 Å². The predicted octanol–water partition coefficient (Wildman–Crippen LogP) is 1.76. The maximum atomic E-state index is 10.6. The number of ether oxygens (including phenoxy) is 1. The molecule has 1 aromatic rings. The fraction of sp³-hybridized carbons (Fsp3) is 0.333. The van der Waals surface area contributed by atoms with Gasteiger partial charge in [-0.15, -0.1) is 0 Å². The number of aryl methyl sites for hydroxylation is 1. The zero-order chi connectivity index (χ0) is 12.1. The summed E-state index contributed by atoms with van der Waals surface area (Å²) in [6.07, 6.45) is 0.578. The third-order valence-corrected chi connectivity index (χ3v) is 2.35. The van der Waals surface area contributed by atoms with Crippen LogP contribution in [0.5, 0.6) is 5.75 Å². The van der Waals surface area contributed by atoms with Crippen LogP contribution in [-0.2, 0) is 17.6 Å². The van der Waals surface area contributed by atoms with Gasteiger partial charge in [0.1, 0.15) is 5.75 Å². The van der Waals surface area contributed by atoms with Crippen LogP contribution in [0.4, 0.5) is 0 Å². The van der Waals surface area contributed by atoms with E-state index in [9.17, 15) is 4.79 Å². The second-order valence-electron chi connectivity index (χ2n) is 3.36. The molecule has 0 saturated carbocycles. The molecule has 0 fully saturated rings. The number of rotatable bonds is 4. The number of carboxylic acids is 1. The van der Waals surface area contributed by atoms with Crippen molar-refractivity contribution in [3.05, 3.63) is 28.8 Å². The second kappa shape index (κ2) is 5.17. The maximum absolute atomic E-state index is 10.6. The number of methoxy groups -OCH3 is 1. The van der Waals surface area contributed by atoms with Crippen molar-refractivity contribution in [3.63, 3.8) is 0 Å². The molecule has 0 unspecified atom stereocenters. The number of aliphatic carboxylic acids is 1. The van der Waals surface area contributed by atoms with Crippen LogP contribution in [-0.4, -0.2) is 18.2 Å². The summed E-state index contributed by atoms with van der Waals surface area (Å²) in [6.45, 7) is 1.95. The molecule has 0 bridgehead atoms. The molecule has 4 nitrogen and oxygen atoms in total. The highest BCUT2D eigenvalue weighted by molar-refractivity contribution is 5.72. The molecule has 0 saturated heterocycles. The van der Waals surface area contributed by atoms with Crippen molar-refractivity contribution in [1.82, 2.24) is 0 Å². The molecule has 1 N–H and O–H groups in total. The quantitative estimate of drug-likeness (QED) is 0.837. The van der Waals surface area contributed by atoms with Crippen molar-refractivity contribution in [2.45, 2.75) is 19.8 Å². The van der Waals surface area contributed by atoms with E-state index in [0.29, 0.717) is 16.9 Å². The summed E-state index contributed by atoms with van der Waals surface area (Å²) in [5.74, 6) is -0.319. The highest BCUT2D eigenvalue weighted by atomic mass is 16.5. The lowest BCUT2D eigenvalue weighted by atomic mass is 10.00. The van der Waals surface area contributed by atoms with Gasteiger partial charge < -0.3 is 9.84 Å². The number of carboxylic acid groups (broad SMARTS) is 1. The molecule has 0 heterocycles. The van der Waals surface area contributed by atoms with Crippen LogP contribution in [0, 0.1) is 11.3 Å². The van der Waals surface area contributed by atoms with E-state index in [2.05, 4.69) is 0 Å². The molecule has 0 amide bonds. The average molecular weight is 219 g/mol. The first kappa shape index (κ1) is 12.1. The Hall–Kier alpha value is -2.02. The number of benzene rings is 1. The smallest absolute Gasteiger partial charge is 0.307 e. The minimum Gasteiger partial charge on any atom is -0.496 e. The van der Waals surface area contributed by atoms with Crippen molar-refractivity contribution in [1.29, 1.82) is 5.26 Å². The zero-order valence-electron chi connectivity index (χ0n) is 9.28. The molecule has 0 atom stereocenters. The van der Waals surface area contributed by atoms with Gasteiger partial charge in [0.25, 0.3) is 0 Å². The molecule has 0 radical (unpaired) electrons. The Morgan fingerprint density at radius 2 is 2.19 bits per heavy atom. The lowest BCUT2D eigenvalue weighted by molar-refractivity contribution is -0.136. The molecule has 1 aromatic carbocycles. The highest BCUT2D eigenvalue weighted by Gasteiger charge is 2.11. The van der Waals surface area contributed by atoms with E-state index in [1.807, 2.05) is 13.0 Å². The summed E-state index contributed by atoms with van der Waals surface area (Å²) in [5.41, 5.74) is 1.80. The van der Waals surface area contributed by atoms with Gasteiger partial charge in [0.15, 0.2) is 0 Å². The minimum absolute atomic E-state index is 0.163. The monoisotopic (exact) mass is 219 g/mol. The van der Waals surface area contributed by atoms with Gasteiger partial charge in [-0.25, -0.2) is 0 Å². The molecular formula is C12H13NO3. The summed E-state index contributed by atoms with van der Waals surface area (Å²) in [7, 11) is 1.53. The first-order chi connectivity index (χ1) is 7.62. The minimum atomic E-state index is -0.956. The summed E-state index contributed by atoms with van der Waals surface area (Å²) in [5, 5.41) is 17.7. The van der Waals surface area contributed by atoms with E-state index in [4.69, 9.17) is 15.1 Å². The van der Waals surface area contributed by atoms with Gasteiger partial charge in [0.05, 0.1) is 25.2 Å². The lowest BCUT2D eigenvalue weighted by Crippen LogP contribution is -2.04. The number of nitrogens with zero attached hydrogens (tertiary/aromatic N) is 1. The Kier molecular flexibility index (Phi) is 3.90. The predicted molar refractivity (Wildman–Crippen MR) is 58.4 cm³/mol. The Balaban J connectivity index is 3.27. The summed E-state index contributed by atoms with van der Waals surface area (Å²) >= 11 is 0. The van der Waals surface area contributed by atoms with Gasteiger partial charge in [-0.05, 0) is 29.7 Å². The zero-order valence-corrected chi connectivity index (χ0v) is 9.28. The lowest BCUT2D eigenvalue weighted by Gasteiger charge is -2.10. The first-order valence-corrected chi connectivity index (χ1v) is 4.94. The molecule has 0 aliphatic heterocycles. The summed E-state index contributed by atoms with van der Waals surface area (Å²) in [6, 6.07) is 5.33. The third-order valence-electron chi connectivity index (χ3n) is 2.35. The topological polar surface area (TPSA) is 70.3 Å². The van der Waals surface area contributed by atoms with E-state index in [1.54, 1.807) is 12.1 Å². The highest BCUT2D eigenvalue weighted by Crippen LogP contribution is 2.24. The number of carbonyl (C=O) groups is 1. The van der Waals surface area contributed by atoms with Crippen molar-refractivity contribution in [3.8, 4) is 11.8 Å². The maximum Gasteiger partial charge on any atom is 0.307 e. The molecule has 1 rings (SSSR count). The average Bonchev–Trinajstić information content (AvgIpc) is 2.27. The van der Waals surface area contributed by atoms with Gasteiger partial charge in [-0.2, -0.15) is 5.26 Å². The van der Waals surface area contributed by atoms with E-state index < -0.39 is 5.97 Å². The molecular weight excluding hydrogens is 206 g/mol. The fourth-order valence-electron chi connectivity index (χ4n) is 1.55. The van der Waals surface area contributed by atoms with Crippen LogP contribution < -0.4 is 4.74 Å². The Morgan fingerprint density at radius 1 is 1.50 bits per heavy atom. The summed E-state index contributed by atoms with van der Waals surface area (Å²) < 4.78 is 5.16. The number of hydrogen-bond acceptors (Lipinski definition) is 3. The number of hydrogen-bond donors (Lipinski definition) is 1. The number of nitriles is 1. The van der Waals surface area contributed by atoms with Crippen LogP contribution in [0.2, 0.25) is 0 Å². The molecule has 16 heavy (non-hydrogen) atoms. The SMILES string of the molecule is CCc1cc(C#N)c(CC(=O)O)cc1OC. The molecule has 84 valence electrons. The van der Waals surface area contributed by atoms with Crippen LogP contribution >= 0.6 is 0 Å². The van der Waals surface area contributed by atoms with E-state index in [1.165, 1.54) is 7.11 Å². The van der Waals surface area contributed by atoms with E-state index >= 15 is 0 Å². The van der Waals surface area contributed by atoms with Crippen LogP contribution in [0.1, 0.15) is 23.6 Å². The normalized spacial score (nSPS) is 9.56. The largest absolute Gasteiger partial charge is 0.496 e. The van der Waals surface area contributed by atoms with Crippen LogP contribution in [0.3, 0.4) is 0 Å². The standard InChI is InChI=1S/C12H13NO3/c1-3-8-4-10(7-13)9(6-12(14)15)5-11(8)16-2/h4-5H,3,6H2,1-2H3,(H,14,15). The van der Waals surface area contributed by atoms with Gasteiger partial charge in [-0.1, -0.05) is 6.92 Å². The van der Waals surface area contributed by atoms with Gasteiger partial charge in [0.2, 0.25) is 0 Å². The molecule has 0 aliphatic rings. The molecule has 0 aromatic heterocycles. The molecule has 0 spiro atoms. The molecule has 4 heteroatoms. The van der Waals surface area contributed by atoms with Crippen LogP contribution in [0.25, 0.3) is 0 Å². The van der Waals surface area contributed by atoms with Crippen LogP contribution in [0.15, 0.2) is 12.1 Å². The first-order valence-electron chi connectivity index (χ1n) is 4.94. The van der Waals surface area contributed by atoms with Crippen molar-refractivity contribution in [2.24, 2.45) is 0 Å². The molecule has 0 aliphatic carbocycles. The van der Waals surface area contributed by atoms with Crippen molar-refractivity contribution in [2.75, 3.05) is 7.11 Å². The summed E-state index contributed by atoms with van der Waals surface area (Å²) in [4.78, 5) is 10.6. The Bertz CT molecular complexity index is 446. The van der Waals surface area contributed by atoms with E-state index in [0.717, 1.165) is 12.0 Å². The second-order valence-corrected chi connectivity index (χ2v) is 3.36. The Labute approximate surface area is 94.1 Å². The van der Waals surface area contributed by atoms with Gasteiger partial charge in [-0.3, -0.25) is 4.79 Å². The van der Waals surface area contributed by atoms with Crippen molar-refractivity contribution >= 4 is 5.97 Å².